The van der Waals surface area contributed by atoms with Gasteiger partial charge in [-0.05, 0) is 18.8 Å². The number of rotatable bonds is 6. The lowest BCUT2D eigenvalue weighted by Crippen LogP contribution is -2.40. The van der Waals surface area contributed by atoms with Crippen molar-refractivity contribution >= 4 is 17.7 Å². The van der Waals surface area contributed by atoms with Gasteiger partial charge in [-0.3, -0.25) is 4.79 Å². The molecule has 1 unspecified atom stereocenters. The molecule has 1 saturated heterocycles. The molecule has 0 N–H and O–H groups in total. The summed E-state index contributed by atoms with van der Waals surface area (Å²) < 4.78 is 6.96. The fraction of sp³-hybridized carbons (Fsp3) is 0.769. The molecule has 1 amide bonds. The topological polar surface area (TPSA) is 60.2 Å². The maximum Gasteiger partial charge on any atom is 0.233 e. The molecule has 1 fully saturated rings. The van der Waals surface area contributed by atoms with E-state index in [9.17, 15) is 4.79 Å². The van der Waals surface area contributed by atoms with Gasteiger partial charge < -0.3 is 14.2 Å². The second-order valence-corrected chi connectivity index (χ2v) is 6.12. The van der Waals surface area contributed by atoms with Gasteiger partial charge in [0, 0.05) is 26.7 Å². The van der Waals surface area contributed by atoms with Gasteiger partial charge in [-0.15, -0.1) is 10.2 Å². The number of hydrogen-bond donors (Lipinski definition) is 0. The van der Waals surface area contributed by atoms with Crippen molar-refractivity contribution < 1.29 is 9.53 Å². The van der Waals surface area contributed by atoms with Gasteiger partial charge in [0.25, 0.3) is 0 Å². The summed E-state index contributed by atoms with van der Waals surface area (Å²) in [5.74, 6) is 1.24. The number of likely N-dealkylation sites (tertiary alicyclic amines) is 1. The number of aromatic nitrogens is 3. The first-order valence-electron chi connectivity index (χ1n) is 6.98. The molecule has 1 aliphatic heterocycles. The summed E-state index contributed by atoms with van der Waals surface area (Å²) in [5.41, 5.74) is 0. The van der Waals surface area contributed by atoms with E-state index in [0.29, 0.717) is 24.8 Å². The van der Waals surface area contributed by atoms with Gasteiger partial charge in [0.15, 0.2) is 5.16 Å². The predicted octanol–water partition coefficient (Wildman–Crippen LogP) is 1.28. The number of thioether (sulfide) groups is 1. The molecule has 20 heavy (non-hydrogen) atoms. The molecular formula is C13H22N4O2S. The number of nitrogens with zero attached hydrogens (tertiary/aromatic N) is 4. The molecule has 0 aliphatic carbocycles. The molecule has 1 aromatic rings. The number of carbonyl (C=O) groups is 1. The minimum atomic E-state index is 0.197. The third-order valence-electron chi connectivity index (χ3n) is 3.45. The van der Waals surface area contributed by atoms with Crippen LogP contribution in [0.2, 0.25) is 0 Å². The lowest BCUT2D eigenvalue weighted by molar-refractivity contribution is -0.130. The van der Waals surface area contributed by atoms with E-state index < -0.39 is 0 Å². The number of methoxy groups -OCH3 is 1. The van der Waals surface area contributed by atoms with Crippen molar-refractivity contribution in [2.75, 3.05) is 32.6 Å². The third-order valence-corrected chi connectivity index (χ3v) is 4.42. The van der Waals surface area contributed by atoms with Crippen LogP contribution in [0.3, 0.4) is 0 Å². The first-order valence-corrected chi connectivity index (χ1v) is 7.96. The van der Waals surface area contributed by atoms with Crippen molar-refractivity contribution in [1.29, 1.82) is 0 Å². The largest absolute Gasteiger partial charge is 0.383 e. The van der Waals surface area contributed by atoms with Crippen molar-refractivity contribution in [3.8, 4) is 0 Å². The minimum Gasteiger partial charge on any atom is -0.383 e. The van der Waals surface area contributed by atoms with E-state index in [0.717, 1.165) is 24.7 Å². The Morgan fingerprint density at radius 3 is 3.20 bits per heavy atom. The standard InChI is InChI=1S/C13H22N4O2S/c1-11-4-3-5-16(8-11)12(18)9-20-13-15-14-10-17(13)6-7-19-2/h10-11H,3-9H2,1-2H3. The molecule has 2 heterocycles. The van der Waals surface area contributed by atoms with Crippen LogP contribution in [0.5, 0.6) is 0 Å². The highest BCUT2D eigenvalue weighted by molar-refractivity contribution is 7.99. The fourth-order valence-corrected chi connectivity index (χ4v) is 3.18. The van der Waals surface area contributed by atoms with Gasteiger partial charge >= 0.3 is 0 Å². The molecule has 1 aromatic heterocycles. The van der Waals surface area contributed by atoms with Crippen molar-refractivity contribution in [3.63, 3.8) is 0 Å². The van der Waals surface area contributed by atoms with E-state index >= 15 is 0 Å². The average Bonchev–Trinajstić information content (AvgIpc) is 2.90. The summed E-state index contributed by atoms with van der Waals surface area (Å²) in [7, 11) is 1.66. The number of amides is 1. The van der Waals surface area contributed by atoms with Gasteiger partial charge in [0.2, 0.25) is 5.91 Å². The van der Waals surface area contributed by atoms with E-state index in [1.165, 1.54) is 18.2 Å². The molecule has 7 heteroatoms. The Hall–Kier alpha value is -1.08. The Kier molecular flexibility index (Phi) is 5.85. The first kappa shape index (κ1) is 15.3. The van der Waals surface area contributed by atoms with Crippen molar-refractivity contribution in [2.45, 2.75) is 31.5 Å². The maximum absolute atomic E-state index is 12.2. The maximum atomic E-state index is 12.2. The van der Waals surface area contributed by atoms with E-state index in [1.54, 1.807) is 13.4 Å². The van der Waals surface area contributed by atoms with Crippen LogP contribution in [-0.2, 0) is 16.1 Å². The van der Waals surface area contributed by atoms with Crippen LogP contribution in [0.4, 0.5) is 0 Å². The Labute approximate surface area is 123 Å². The zero-order valence-electron chi connectivity index (χ0n) is 12.1. The highest BCUT2D eigenvalue weighted by Gasteiger charge is 2.21. The predicted molar refractivity (Wildman–Crippen MR) is 77.6 cm³/mol. The molecule has 0 bridgehead atoms. The first-order chi connectivity index (χ1) is 9.70. The highest BCUT2D eigenvalue weighted by Crippen LogP contribution is 2.19. The molecule has 1 aliphatic rings. The van der Waals surface area contributed by atoms with E-state index in [4.69, 9.17) is 4.74 Å². The monoisotopic (exact) mass is 298 g/mol. The van der Waals surface area contributed by atoms with Gasteiger partial charge in [-0.25, -0.2) is 0 Å². The highest BCUT2D eigenvalue weighted by atomic mass is 32.2. The Balaban J connectivity index is 1.82. The van der Waals surface area contributed by atoms with E-state index in [1.807, 2.05) is 9.47 Å². The van der Waals surface area contributed by atoms with E-state index in [-0.39, 0.29) is 5.91 Å². The summed E-state index contributed by atoms with van der Waals surface area (Å²) in [6, 6.07) is 0. The zero-order chi connectivity index (χ0) is 14.4. The number of ether oxygens (including phenoxy) is 1. The van der Waals surface area contributed by atoms with Gasteiger partial charge in [0.05, 0.1) is 12.4 Å². The van der Waals surface area contributed by atoms with Crippen LogP contribution in [-0.4, -0.2) is 58.1 Å². The molecule has 0 aromatic carbocycles. The Morgan fingerprint density at radius 1 is 1.60 bits per heavy atom. The minimum absolute atomic E-state index is 0.197. The molecule has 2 rings (SSSR count). The second kappa shape index (κ2) is 7.64. The van der Waals surface area contributed by atoms with Gasteiger partial charge in [0.1, 0.15) is 6.33 Å². The van der Waals surface area contributed by atoms with Gasteiger partial charge in [-0.1, -0.05) is 18.7 Å². The average molecular weight is 298 g/mol. The molecule has 0 spiro atoms. The van der Waals surface area contributed by atoms with Crippen molar-refractivity contribution in [1.82, 2.24) is 19.7 Å². The summed E-state index contributed by atoms with van der Waals surface area (Å²) in [6.07, 6.45) is 4.01. The molecule has 0 radical (unpaired) electrons. The molecule has 112 valence electrons. The lowest BCUT2D eigenvalue weighted by atomic mass is 10.0. The van der Waals surface area contributed by atoms with Crippen LogP contribution in [0.25, 0.3) is 0 Å². The number of hydrogen-bond acceptors (Lipinski definition) is 5. The third kappa shape index (κ3) is 4.21. The van der Waals surface area contributed by atoms with Crippen LogP contribution in [0.15, 0.2) is 11.5 Å². The number of piperidine rings is 1. The Bertz CT molecular complexity index is 438. The molecule has 1 atom stereocenters. The zero-order valence-corrected chi connectivity index (χ0v) is 12.9. The van der Waals surface area contributed by atoms with Crippen LogP contribution < -0.4 is 0 Å². The fourth-order valence-electron chi connectivity index (χ4n) is 2.33. The normalized spacial score (nSPS) is 19.3. The number of carbonyl (C=O) groups excluding carboxylic acids is 1. The van der Waals surface area contributed by atoms with Crippen molar-refractivity contribution in [3.05, 3.63) is 6.33 Å². The van der Waals surface area contributed by atoms with E-state index in [2.05, 4.69) is 17.1 Å². The van der Waals surface area contributed by atoms with Gasteiger partial charge in [-0.2, -0.15) is 0 Å². The van der Waals surface area contributed by atoms with Crippen LogP contribution in [0, 0.1) is 5.92 Å². The van der Waals surface area contributed by atoms with Crippen molar-refractivity contribution in [2.24, 2.45) is 5.92 Å². The molecular weight excluding hydrogens is 276 g/mol. The summed E-state index contributed by atoms with van der Waals surface area (Å²) in [4.78, 5) is 14.2. The Morgan fingerprint density at radius 2 is 2.45 bits per heavy atom. The molecule has 0 saturated carbocycles. The SMILES string of the molecule is COCCn1cnnc1SCC(=O)N1CCCC(C)C1. The van der Waals surface area contributed by atoms with Crippen LogP contribution >= 0.6 is 11.8 Å². The second-order valence-electron chi connectivity index (χ2n) is 5.18. The summed E-state index contributed by atoms with van der Waals surface area (Å²) >= 11 is 1.45. The summed E-state index contributed by atoms with van der Waals surface area (Å²) in [5, 5.41) is 8.72. The lowest BCUT2D eigenvalue weighted by Gasteiger charge is -2.30. The quantitative estimate of drug-likeness (QED) is 0.740. The van der Waals surface area contributed by atoms with Crippen LogP contribution in [0.1, 0.15) is 19.8 Å². The molecule has 6 nitrogen and oxygen atoms in total. The summed E-state index contributed by atoms with van der Waals surface area (Å²) in [6.45, 7) is 5.30. The smallest absolute Gasteiger partial charge is 0.233 e.